The summed E-state index contributed by atoms with van der Waals surface area (Å²) in [7, 11) is 1.27. The molecule has 1 rings (SSSR count). The molecule has 0 aliphatic rings. The summed E-state index contributed by atoms with van der Waals surface area (Å²) in [4.78, 5) is 42.9. The Labute approximate surface area is 244 Å². The highest BCUT2D eigenvalue weighted by atomic mass is 32.2. The van der Waals surface area contributed by atoms with Crippen molar-refractivity contribution in [2.24, 2.45) is 5.92 Å². The fourth-order valence-electron chi connectivity index (χ4n) is 2.30. The van der Waals surface area contributed by atoms with Gasteiger partial charge in [0.05, 0.1) is 7.11 Å². The Morgan fingerprint density at radius 3 is 2.10 bits per heavy atom. The molecule has 0 heterocycles. The van der Waals surface area contributed by atoms with E-state index in [1.54, 1.807) is 27.7 Å². The van der Waals surface area contributed by atoms with Crippen LogP contribution in [-0.2, 0) is 23.9 Å². The van der Waals surface area contributed by atoms with Gasteiger partial charge in [0.2, 0.25) is 12.3 Å². The zero-order chi connectivity index (χ0) is 31.1. The van der Waals surface area contributed by atoms with E-state index in [0.29, 0.717) is 18.9 Å². The number of ether oxygens (including phenoxy) is 3. The van der Waals surface area contributed by atoms with Gasteiger partial charge in [-0.1, -0.05) is 43.7 Å². The number of nitrogens with one attached hydrogen (secondary N) is 3. The largest absolute Gasteiger partial charge is 0.490 e. The summed E-state index contributed by atoms with van der Waals surface area (Å²) in [6.45, 7) is 15.5. The number of benzene rings is 1. The summed E-state index contributed by atoms with van der Waals surface area (Å²) < 4.78 is 14.8. The number of rotatable bonds is 12. The Bertz CT molecular complexity index is 885. The molecule has 1 unspecified atom stereocenters. The highest BCUT2D eigenvalue weighted by Gasteiger charge is 2.17. The zero-order valence-electron chi connectivity index (χ0n) is 25.7. The second kappa shape index (κ2) is 22.6. The van der Waals surface area contributed by atoms with Crippen LogP contribution >= 0.6 is 11.8 Å². The zero-order valence-corrected chi connectivity index (χ0v) is 26.5. The molecule has 11 heteroatoms. The number of aryl methyl sites for hydroxylation is 1. The Hall–Kier alpha value is -3.21. The van der Waals surface area contributed by atoms with Gasteiger partial charge in [-0.15, -0.1) is 0 Å². The van der Waals surface area contributed by atoms with Crippen LogP contribution in [0.15, 0.2) is 36.4 Å². The van der Waals surface area contributed by atoms with Gasteiger partial charge in [0.15, 0.2) is 0 Å². The molecule has 0 saturated carbocycles. The van der Waals surface area contributed by atoms with E-state index < -0.39 is 23.7 Å². The van der Waals surface area contributed by atoms with Gasteiger partial charge in [-0.05, 0) is 65.8 Å². The lowest BCUT2D eigenvalue weighted by molar-refractivity contribution is -0.143. The van der Waals surface area contributed by atoms with Gasteiger partial charge in [-0.25, -0.2) is 9.59 Å². The van der Waals surface area contributed by atoms with Gasteiger partial charge >= 0.3 is 12.1 Å². The van der Waals surface area contributed by atoms with Crippen LogP contribution in [0.3, 0.4) is 0 Å². The van der Waals surface area contributed by atoms with Crippen LogP contribution in [0.4, 0.5) is 4.79 Å². The summed E-state index contributed by atoms with van der Waals surface area (Å²) in [5.74, 6) is 1.70. The minimum Gasteiger partial charge on any atom is -0.490 e. The van der Waals surface area contributed by atoms with Crippen molar-refractivity contribution in [3.63, 3.8) is 0 Å². The number of amides is 3. The Kier molecular flexibility index (Phi) is 22.0. The molecule has 1 aromatic rings. The average molecular weight is 584 g/mol. The number of esters is 1. The molecule has 0 spiro atoms. The maximum absolute atomic E-state index is 11.4. The maximum atomic E-state index is 11.4. The Balaban J connectivity index is 0. The van der Waals surface area contributed by atoms with Crippen LogP contribution in [0.5, 0.6) is 5.75 Å². The quantitative estimate of drug-likeness (QED) is 0.189. The van der Waals surface area contributed by atoms with Crippen LogP contribution in [0.1, 0.15) is 54.0 Å². The molecule has 0 aliphatic heterocycles. The molecule has 0 fully saturated rings. The molecule has 0 aliphatic carbocycles. The van der Waals surface area contributed by atoms with E-state index in [-0.39, 0.29) is 18.5 Å². The highest BCUT2D eigenvalue weighted by Crippen LogP contribution is 2.11. The topological polar surface area (TPSA) is 132 Å². The highest BCUT2D eigenvalue weighted by molar-refractivity contribution is 7.98. The van der Waals surface area contributed by atoms with Crippen molar-refractivity contribution in [1.29, 1.82) is 0 Å². The third kappa shape index (κ3) is 23.9. The molecule has 0 aromatic heterocycles. The van der Waals surface area contributed by atoms with E-state index in [4.69, 9.17) is 9.47 Å². The van der Waals surface area contributed by atoms with Crippen LogP contribution in [0.25, 0.3) is 0 Å². The number of methoxy groups -OCH3 is 1. The van der Waals surface area contributed by atoms with Crippen molar-refractivity contribution in [2.45, 2.75) is 73.1 Å². The standard InChI is InChI=1S/C12H24N2O3.C12H16OS.C5H9NO3/c1-8(2)9(3)14-10(15)7-13-11(16)17-12(4,5)6;1-11-5-7-12(8-6-11)13-9-3-4-10-14-2;1-4(6-3-7)5(8)9-2/h8-9H,7H2,1-6H3,(H,13,16)(H,14,15);3-8H,9-10H2,1-2H3;3-4H,1-2H3,(H,6,7)/b;4-3+;/t;;4-/m..0/s1. The molecule has 0 bridgehead atoms. The van der Waals surface area contributed by atoms with Crippen molar-refractivity contribution < 1.29 is 33.4 Å². The van der Waals surface area contributed by atoms with Crippen molar-refractivity contribution in [1.82, 2.24) is 16.0 Å². The van der Waals surface area contributed by atoms with E-state index in [2.05, 4.69) is 58.2 Å². The van der Waals surface area contributed by atoms with Crippen LogP contribution < -0.4 is 20.7 Å². The van der Waals surface area contributed by atoms with Crippen LogP contribution in [0.2, 0.25) is 0 Å². The molecule has 1 aromatic carbocycles. The first kappa shape index (κ1) is 38.9. The van der Waals surface area contributed by atoms with E-state index in [1.165, 1.54) is 12.7 Å². The fourth-order valence-corrected chi connectivity index (χ4v) is 2.62. The molecular weight excluding hydrogens is 534 g/mol. The lowest BCUT2D eigenvalue weighted by atomic mass is 10.1. The van der Waals surface area contributed by atoms with Crippen molar-refractivity contribution in [2.75, 3.05) is 32.3 Å². The Morgan fingerprint density at radius 1 is 1.02 bits per heavy atom. The first-order valence-corrected chi connectivity index (χ1v) is 14.4. The van der Waals surface area contributed by atoms with Crippen molar-refractivity contribution in [3.8, 4) is 5.75 Å². The van der Waals surface area contributed by atoms with E-state index in [0.717, 1.165) is 11.5 Å². The lowest BCUT2D eigenvalue weighted by Gasteiger charge is -2.20. The third-order valence-corrected chi connectivity index (χ3v) is 5.38. The monoisotopic (exact) mass is 583 g/mol. The molecule has 0 saturated heterocycles. The molecule has 40 heavy (non-hydrogen) atoms. The molecular formula is C29H49N3O7S. The molecule has 10 nitrogen and oxygen atoms in total. The summed E-state index contributed by atoms with van der Waals surface area (Å²) in [6.07, 6.45) is 6.15. The normalized spacial score (nSPS) is 12.0. The third-order valence-electron chi connectivity index (χ3n) is 4.85. The van der Waals surface area contributed by atoms with Gasteiger partial charge < -0.3 is 30.2 Å². The van der Waals surface area contributed by atoms with Gasteiger partial charge in [0, 0.05) is 11.8 Å². The minimum absolute atomic E-state index is 0.0635. The molecule has 3 amide bonds. The Morgan fingerprint density at radius 2 is 1.62 bits per heavy atom. The van der Waals surface area contributed by atoms with Gasteiger partial charge in [0.25, 0.3) is 0 Å². The van der Waals surface area contributed by atoms with E-state index in [1.807, 2.05) is 44.7 Å². The van der Waals surface area contributed by atoms with Crippen LogP contribution in [-0.4, -0.2) is 74.3 Å². The average Bonchev–Trinajstić information content (AvgIpc) is 2.88. The van der Waals surface area contributed by atoms with Gasteiger partial charge in [-0.2, -0.15) is 11.8 Å². The molecule has 228 valence electrons. The van der Waals surface area contributed by atoms with Crippen LogP contribution in [0, 0.1) is 12.8 Å². The molecule has 2 atom stereocenters. The number of carbonyl (C=O) groups is 4. The summed E-state index contributed by atoms with van der Waals surface area (Å²) in [6, 6.07) is 7.65. The maximum Gasteiger partial charge on any atom is 0.408 e. The molecule has 0 radical (unpaired) electrons. The number of carbonyl (C=O) groups excluding carboxylic acids is 4. The summed E-state index contributed by atoms with van der Waals surface area (Å²) in [5.41, 5.74) is 0.710. The second-order valence-electron chi connectivity index (χ2n) is 10.0. The van der Waals surface area contributed by atoms with E-state index in [9.17, 15) is 19.2 Å². The smallest absolute Gasteiger partial charge is 0.408 e. The number of hydrogen-bond donors (Lipinski definition) is 3. The first-order chi connectivity index (χ1) is 18.7. The van der Waals surface area contributed by atoms with Crippen molar-refractivity contribution >= 4 is 36.1 Å². The predicted octanol–water partition coefficient (Wildman–Crippen LogP) is 4.26. The molecule has 3 N–H and O–H groups in total. The SMILES string of the molecule is CC(C)C(C)NC(=O)CNC(=O)OC(C)(C)C.COC(=O)[C@H](C)NC=O.CSC/C=C/COc1ccc(C)cc1. The van der Waals surface area contributed by atoms with E-state index >= 15 is 0 Å². The van der Waals surface area contributed by atoms with Gasteiger partial charge in [0.1, 0.15) is 30.5 Å². The lowest BCUT2D eigenvalue weighted by Crippen LogP contribution is -2.43. The first-order valence-electron chi connectivity index (χ1n) is 13.0. The minimum atomic E-state index is -0.579. The number of thioether (sulfide) groups is 1. The van der Waals surface area contributed by atoms with Crippen molar-refractivity contribution in [3.05, 3.63) is 42.0 Å². The summed E-state index contributed by atoms with van der Waals surface area (Å²) in [5, 5.41) is 7.44. The number of hydrogen-bond acceptors (Lipinski definition) is 8. The summed E-state index contributed by atoms with van der Waals surface area (Å²) >= 11 is 1.81. The number of alkyl carbamates (subject to hydrolysis) is 1. The predicted molar refractivity (Wildman–Crippen MR) is 162 cm³/mol. The second-order valence-corrected chi connectivity index (χ2v) is 10.9. The fraction of sp³-hybridized carbons (Fsp3) is 0.586. The van der Waals surface area contributed by atoms with Gasteiger partial charge in [-0.3, -0.25) is 9.59 Å².